The number of aliphatic hydroxyl groups is 1. The Morgan fingerprint density at radius 2 is 1.84 bits per heavy atom. The molecule has 10 nitrogen and oxygen atoms in total. The standard InChI is InChI=1S/C20H24N7O3S/c1-13(2)18(12-28)23-20-22-17(16-5-3-4-10-21-16)11-19(24-20)26-25-14-6-8-15(9-7-14)27-31(29)30/h3-11,13,18,25,28H,12H2,1-2H3,(H,27,29,30)(H2,22,23,24,26)/q-1/t18-/m1/s1. The normalized spacial score (nSPS) is 13.1. The van der Waals surface area contributed by atoms with Gasteiger partial charge in [-0.2, -0.15) is 4.98 Å². The van der Waals surface area contributed by atoms with E-state index < -0.39 is 10.9 Å². The van der Waals surface area contributed by atoms with Crippen molar-refractivity contribution in [3.63, 3.8) is 0 Å². The van der Waals surface area contributed by atoms with E-state index in [0.29, 0.717) is 34.5 Å². The molecule has 0 saturated heterocycles. The molecule has 0 aliphatic rings. The monoisotopic (exact) mass is 442 g/mol. The molecule has 2 aromatic heterocycles. The Hall–Kier alpha value is -3.28. The van der Waals surface area contributed by atoms with Crippen LogP contribution in [0.5, 0.6) is 0 Å². The molecule has 3 rings (SSSR count). The average Bonchev–Trinajstić information content (AvgIpc) is 2.77. The van der Waals surface area contributed by atoms with Crippen LogP contribution in [0.1, 0.15) is 13.8 Å². The highest BCUT2D eigenvalue weighted by Gasteiger charge is 2.15. The van der Waals surface area contributed by atoms with Crippen LogP contribution >= 0.6 is 0 Å². The predicted molar refractivity (Wildman–Crippen MR) is 121 cm³/mol. The van der Waals surface area contributed by atoms with Gasteiger partial charge in [-0.1, -0.05) is 30.8 Å². The zero-order chi connectivity index (χ0) is 22.2. The molecule has 164 valence electrons. The smallest absolute Gasteiger partial charge is 0.225 e. The van der Waals surface area contributed by atoms with Crippen molar-refractivity contribution < 1.29 is 13.9 Å². The minimum absolute atomic E-state index is 0.0497. The van der Waals surface area contributed by atoms with Crippen molar-refractivity contribution in [3.8, 4) is 11.4 Å². The van der Waals surface area contributed by atoms with Gasteiger partial charge in [-0.3, -0.25) is 15.8 Å². The van der Waals surface area contributed by atoms with Gasteiger partial charge in [0.25, 0.3) is 0 Å². The molecule has 0 aliphatic heterocycles. The summed E-state index contributed by atoms with van der Waals surface area (Å²) in [4.78, 5) is 13.4. The molecule has 0 aliphatic carbocycles. The third-order valence-electron chi connectivity index (χ3n) is 4.36. The summed E-state index contributed by atoms with van der Waals surface area (Å²) >= 11 is 0. The zero-order valence-electron chi connectivity index (χ0n) is 17.1. The second kappa shape index (κ2) is 10.7. The highest BCUT2D eigenvalue weighted by Crippen LogP contribution is 2.22. The van der Waals surface area contributed by atoms with E-state index in [0.717, 1.165) is 0 Å². The van der Waals surface area contributed by atoms with E-state index in [9.17, 15) is 9.32 Å². The summed E-state index contributed by atoms with van der Waals surface area (Å²) in [5, 5.41) is 12.8. The third-order valence-corrected chi connectivity index (χ3v) is 4.72. The maximum Gasteiger partial charge on any atom is 0.225 e. The van der Waals surface area contributed by atoms with Crippen LogP contribution in [0.15, 0.2) is 59.1 Å². The molecule has 31 heavy (non-hydrogen) atoms. The number of aliphatic hydroxyl groups excluding tert-OH is 1. The van der Waals surface area contributed by atoms with E-state index in [1.165, 1.54) is 0 Å². The fourth-order valence-corrected chi connectivity index (χ4v) is 2.94. The molecule has 0 unspecified atom stereocenters. The zero-order valence-corrected chi connectivity index (χ0v) is 17.9. The van der Waals surface area contributed by atoms with Crippen molar-refractivity contribution in [3.05, 3.63) is 54.7 Å². The minimum Gasteiger partial charge on any atom is -0.454 e. The van der Waals surface area contributed by atoms with Crippen LogP contribution < -0.4 is 16.2 Å². The van der Waals surface area contributed by atoms with Gasteiger partial charge >= 0.3 is 0 Å². The van der Waals surface area contributed by atoms with Crippen molar-refractivity contribution in [2.75, 3.05) is 22.8 Å². The molecule has 2 heterocycles. The van der Waals surface area contributed by atoms with Crippen molar-refractivity contribution in [1.82, 2.24) is 15.0 Å². The highest BCUT2D eigenvalue weighted by atomic mass is 32.2. The lowest BCUT2D eigenvalue weighted by Crippen LogP contribution is -2.30. The summed E-state index contributed by atoms with van der Waals surface area (Å²) in [6, 6.07) is 13.7. The van der Waals surface area contributed by atoms with Crippen molar-refractivity contribution >= 4 is 34.0 Å². The first-order valence-electron chi connectivity index (χ1n) is 9.57. The van der Waals surface area contributed by atoms with Gasteiger partial charge in [-0.05, 0) is 42.3 Å². The molecule has 0 amide bonds. The Labute approximate surface area is 182 Å². The van der Waals surface area contributed by atoms with Gasteiger partial charge in [0.15, 0.2) is 5.82 Å². The van der Waals surface area contributed by atoms with E-state index in [1.54, 1.807) is 36.5 Å². The molecule has 5 N–H and O–H groups in total. The van der Waals surface area contributed by atoms with E-state index in [2.05, 4.69) is 35.5 Å². The third kappa shape index (κ3) is 6.60. The van der Waals surface area contributed by atoms with Crippen molar-refractivity contribution in [2.45, 2.75) is 19.9 Å². The molecular weight excluding hydrogens is 418 g/mol. The predicted octanol–water partition coefficient (Wildman–Crippen LogP) is 3.66. The lowest BCUT2D eigenvalue weighted by atomic mass is 10.1. The maximum absolute atomic E-state index is 10.8. The number of hydrazine groups is 1. The van der Waals surface area contributed by atoms with Crippen LogP contribution in [0.4, 0.5) is 23.1 Å². The molecule has 0 spiro atoms. The second-order valence-corrected chi connectivity index (χ2v) is 7.62. The molecule has 3 aromatic rings. The Balaban J connectivity index is 1.83. The molecule has 1 aromatic carbocycles. The van der Waals surface area contributed by atoms with Crippen LogP contribution in [0, 0.1) is 5.92 Å². The van der Waals surface area contributed by atoms with Crippen LogP contribution in [0.3, 0.4) is 0 Å². The Kier molecular flexibility index (Phi) is 7.70. The van der Waals surface area contributed by atoms with Crippen LogP contribution in [-0.2, 0) is 15.1 Å². The summed E-state index contributed by atoms with van der Waals surface area (Å²) in [7, 11) is -2.25. The number of hydrogen-bond acceptors (Lipinski definition) is 10. The quantitative estimate of drug-likeness (QED) is 0.190. The Bertz CT molecular complexity index is 1070. The number of aromatic nitrogens is 3. The first kappa shape index (κ1) is 22.4. The van der Waals surface area contributed by atoms with Gasteiger partial charge in [-0.25, -0.2) is 4.98 Å². The van der Waals surface area contributed by atoms with Gasteiger partial charge in [-0.15, -0.1) is 0 Å². The summed E-state index contributed by atoms with van der Waals surface area (Å²) in [6.45, 7) is 3.95. The fourth-order valence-electron chi connectivity index (χ4n) is 2.64. The SMILES string of the molecule is CC(C)[C@@H](CO)Nc1nc(NNc2ccc(N=[S-](=O)O)cc2)cc(-c2ccccn2)n1. The van der Waals surface area contributed by atoms with E-state index in [4.69, 9.17) is 4.55 Å². The van der Waals surface area contributed by atoms with Gasteiger partial charge < -0.3 is 23.5 Å². The first-order chi connectivity index (χ1) is 14.9. The van der Waals surface area contributed by atoms with Crippen molar-refractivity contribution in [2.24, 2.45) is 10.3 Å². The number of anilines is 3. The Morgan fingerprint density at radius 1 is 1.06 bits per heavy atom. The lowest BCUT2D eigenvalue weighted by molar-refractivity contribution is 0.248. The Morgan fingerprint density at radius 3 is 2.45 bits per heavy atom. The average molecular weight is 443 g/mol. The fraction of sp³-hybridized carbons (Fsp3) is 0.250. The van der Waals surface area contributed by atoms with Crippen molar-refractivity contribution in [1.29, 1.82) is 0 Å². The summed E-state index contributed by atoms with van der Waals surface area (Å²) < 4.78 is 23.1. The van der Waals surface area contributed by atoms with Gasteiger partial charge in [0.1, 0.15) is 0 Å². The second-order valence-electron chi connectivity index (χ2n) is 6.97. The number of benzene rings is 1. The molecule has 0 radical (unpaired) electrons. The molecule has 0 fully saturated rings. The van der Waals surface area contributed by atoms with Gasteiger partial charge in [0.2, 0.25) is 5.95 Å². The highest BCUT2D eigenvalue weighted by molar-refractivity contribution is 7.68. The van der Waals surface area contributed by atoms with Crippen LogP contribution in [-0.4, -0.2) is 37.3 Å². The number of rotatable bonds is 9. The van der Waals surface area contributed by atoms with E-state index >= 15 is 0 Å². The van der Waals surface area contributed by atoms with Crippen LogP contribution in [0.2, 0.25) is 0 Å². The first-order valence-corrected chi connectivity index (χ1v) is 10.6. The molecule has 1 atom stereocenters. The van der Waals surface area contributed by atoms with E-state index in [-0.39, 0.29) is 18.6 Å². The maximum atomic E-state index is 10.8. The lowest BCUT2D eigenvalue weighted by Gasteiger charge is -2.20. The summed E-state index contributed by atoms with van der Waals surface area (Å²) in [6.07, 6.45) is 1.69. The number of hydrogen-bond donors (Lipinski definition) is 5. The largest absolute Gasteiger partial charge is 0.454 e. The summed E-state index contributed by atoms with van der Waals surface area (Å²) in [5.74, 6) is 1.03. The molecule has 0 saturated carbocycles. The van der Waals surface area contributed by atoms with Crippen LogP contribution in [0.25, 0.3) is 11.4 Å². The molecule has 11 heteroatoms. The number of nitrogens with one attached hydrogen (secondary N) is 3. The molecular formula is C20H24N7O3S-. The van der Waals surface area contributed by atoms with Gasteiger partial charge in [0, 0.05) is 18.0 Å². The minimum atomic E-state index is -2.25. The van der Waals surface area contributed by atoms with E-state index in [1.807, 2.05) is 32.0 Å². The number of pyridine rings is 1. The van der Waals surface area contributed by atoms with Gasteiger partial charge in [0.05, 0.1) is 29.7 Å². The summed E-state index contributed by atoms with van der Waals surface area (Å²) in [5.41, 5.74) is 8.43. The topological polar surface area (TPSA) is 145 Å². The molecule has 0 bridgehead atoms. The number of nitrogens with zero attached hydrogens (tertiary/aromatic N) is 4.